The van der Waals surface area contributed by atoms with E-state index in [4.69, 9.17) is 0 Å². The minimum atomic E-state index is -1.37. The van der Waals surface area contributed by atoms with Crippen LogP contribution in [0.2, 0.25) is 0 Å². The molecule has 1 aliphatic heterocycles. The minimum Gasteiger partial charge on any atom is -0.345 e. The van der Waals surface area contributed by atoms with Gasteiger partial charge in [0.05, 0.1) is 10.8 Å². The highest BCUT2D eigenvalue weighted by Crippen LogP contribution is 2.08. The van der Waals surface area contributed by atoms with E-state index in [0.29, 0.717) is 12.2 Å². The zero-order chi connectivity index (χ0) is 8.43. The summed E-state index contributed by atoms with van der Waals surface area (Å²) in [5, 5.41) is 2.09. The van der Waals surface area contributed by atoms with Gasteiger partial charge in [-0.05, 0) is 6.42 Å². The summed E-state index contributed by atoms with van der Waals surface area (Å²) in [4.78, 5) is 21.4. The molecule has 1 amide bonds. The van der Waals surface area contributed by atoms with Crippen LogP contribution in [-0.2, 0) is 20.4 Å². The first-order chi connectivity index (χ1) is 5.11. The van der Waals surface area contributed by atoms with E-state index >= 15 is 0 Å². The Morgan fingerprint density at radius 3 is 2.73 bits per heavy atom. The van der Waals surface area contributed by atoms with Crippen molar-refractivity contribution < 1.29 is 13.8 Å². The van der Waals surface area contributed by atoms with E-state index in [9.17, 15) is 13.8 Å². The van der Waals surface area contributed by atoms with Gasteiger partial charge in [-0.1, -0.05) is 0 Å². The maximum absolute atomic E-state index is 10.9. The van der Waals surface area contributed by atoms with E-state index in [1.165, 1.54) is 6.92 Å². The molecular weight excluding hydrogens is 166 g/mol. The molecule has 4 nitrogen and oxygen atoms in total. The monoisotopic (exact) mass is 175 g/mol. The van der Waals surface area contributed by atoms with E-state index in [2.05, 4.69) is 5.32 Å². The lowest BCUT2D eigenvalue weighted by Crippen LogP contribution is -2.36. The maximum Gasteiger partial charge on any atom is 0.241 e. The lowest BCUT2D eigenvalue weighted by molar-refractivity contribution is -0.122. The number of carbonyl (C=O) groups excluding carboxylic acids is 2. The van der Waals surface area contributed by atoms with E-state index < -0.39 is 16.8 Å². The average Bonchev–Trinajstić information content (AvgIpc) is 2.18. The number of carbonyl (C=O) groups is 2. The Morgan fingerprint density at radius 2 is 2.36 bits per heavy atom. The highest BCUT2D eigenvalue weighted by atomic mass is 32.2. The molecule has 1 heterocycles. The van der Waals surface area contributed by atoms with Crippen LogP contribution in [0.4, 0.5) is 0 Å². The van der Waals surface area contributed by atoms with Crippen molar-refractivity contribution in [3.8, 4) is 0 Å². The second-order valence-electron chi connectivity index (χ2n) is 2.41. The summed E-state index contributed by atoms with van der Waals surface area (Å²) in [6.45, 7) is 1.34. The van der Waals surface area contributed by atoms with Gasteiger partial charge >= 0.3 is 0 Å². The molecule has 1 saturated heterocycles. The molecule has 2 atom stereocenters. The Hall–Kier alpha value is -0.710. The van der Waals surface area contributed by atoms with Crippen LogP contribution >= 0.6 is 0 Å². The fourth-order valence-electron chi connectivity index (χ4n) is 0.978. The van der Waals surface area contributed by atoms with Gasteiger partial charge in [0.15, 0.2) is 0 Å². The molecule has 0 bridgehead atoms. The Labute approximate surface area is 66.8 Å². The van der Waals surface area contributed by atoms with E-state index in [1.807, 2.05) is 0 Å². The largest absolute Gasteiger partial charge is 0.345 e. The van der Waals surface area contributed by atoms with Gasteiger partial charge in [0.2, 0.25) is 11.0 Å². The Balaban J connectivity index is 2.55. The number of hydrogen-bond donors (Lipinski definition) is 1. The second kappa shape index (κ2) is 3.13. The molecule has 5 heteroatoms. The maximum atomic E-state index is 10.9. The summed E-state index contributed by atoms with van der Waals surface area (Å²) in [5.41, 5.74) is 0. The summed E-state index contributed by atoms with van der Waals surface area (Å²) < 4.78 is 10.8. The zero-order valence-corrected chi connectivity index (χ0v) is 6.94. The van der Waals surface area contributed by atoms with Gasteiger partial charge in [0, 0.05) is 12.7 Å². The molecule has 0 spiro atoms. The number of rotatable bonds is 1. The molecule has 1 rings (SSSR count). The number of hydrogen-bond acceptors (Lipinski definition) is 3. The van der Waals surface area contributed by atoms with Crippen LogP contribution in [0, 0.1) is 0 Å². The van der Waals surface area contributed by atoms with Crippen molar-refractivity contribution in [2.75, 3.05) is 5.75 Å². The van der Waals surface area contributed by atoms with Gasteiger partial charge in [0.1, 0.15) is 6.04 Å². The standard InChI is InChI=1S/C6H9NO3S/c1-4(8)7-5-2-3-11(10)6(5)9/h5H,2-3H2,1H3,(H,7,8)/t5-,11?/m0/s1. The van der Waals surface area contributed by atoms with Crippen molar-refractivity contribution in [2.24, 2.45) is 0 Å². The molecule has 0 aromatic carbocycles. The van der Waals surface area contributed by atoms with Crippen LogP contribution < -0.4 is 5.32 Å². The third-order valence-electron chi connectivity index (χ3n) is 1.48. The van der Waals surface area contributed by atoms with E-state index in [0.717, 1.165) is 0 Å². The average molecular weight is 175 g/mol. The first-order valence-corrected chi connectivity index (χ1v) is 4.62. The molecule has 0 radical (unpaired) electrons. The van der Waals surface area contributed by atoms with Crippen molar-refractivity contribution in [3.05, 3.63) is 0 Å². The van der Waals surface area contributed by atoms with Crippen LogP contribution in [0.15, 0.2) is 0 Å². The molecule has 0 aromatic rings. The summed E-state index contributed by atoms with van der Waals surface area (Å²) in [7, 11) is -1.37. The molecule has 1 fully saturated rings. The predicted octanol–water partition coefficient (Wildman–Crippen LogP) is -0.830. The normalized spacial score (nSPS) is 30.5. The quantitative estimate of drug-likeness (QED) is 0.565. The smallest absolute Gasteiger partial charge is 0.241 e. The fraction of sp³-hybridized carbons (Fsp3) is 0.667. The number of nitrogens with one attached hydrogen (secondary N) is 1. The van der Waals surface area contributed by atoms with Crippen LogP contribution in [0.3, 0.4) is 0 Å². The van der Waals surface area contributed by atoms with Gasteiger partial charge in [-0.25, -0.2) is 0 Å². The van der Waals surface area contributed by atoms with Gasteiger partial charge in [-0.2, -0.15) is 0 Å². The topological polar surface area (TPSA) is 63.2 Å². The lowest BCUT2D eigenvalue weighted by Gasteiger charge is -2.05. The van der Waals surface area contributed by atoms with Crippen LogP contribution in [0.1, 0.15) is 13.3 Å². The molecule has 0 aliphatic carbocycles. The summed E-state index contributed by atoms with van der Waals surface area (Å²) in [6.07, 6.45) is 0.505. The lowest BCUT2D eigenvalue weighted by atomic mass is 10.2. The molecular formula is C6H9NO3S. The zero-order valence-electron chi connectivity index (χ0n) is 6.12. The van der Waals surface area contributed by atoms with Crippen molar-refractivity contribution >= 4 is 21.8 Å². The molecule has 0 saturated carbocycles. The molecule has 1 N–H and O–H groups in total. The summed E-state index contributed by atoms with van der Waals surface area (Å²) in [5.74, 6) is 0.131. The van der Waals surface area contributed by atoms with Gasteiger partial charge in [0.25, 0.3) is 0 Å². The Bertz CT molecular complexity index is 226. The van der Waals surface area contributed by atoms with Crippen LogP contribution in [0.25, 0.3) is 0 Å². The van der Waals surface area contributed by atoms with Gasteiger partial charge in [-0.3, -0.25) is 13.8 Å². The predicted molar refractivity (Wildman–Crippen MR) is 40.2 cm³/mol. The molecule has 1 unspecified atom stereocenters. The van der Waals surface area contributed by atoms with E-state index in [-0.39, 0.29) is 11.0 Å². The minimum absolute atomic E-state index is 0.248. The highest BCUT2D eigenvalue weighted by molar-refractivity contribution is 8.00. The summed E-state index contributed by atoms with van der Waals surface area (Å²) >= 11 is 0. The third-order valence-corrected chi connectivity index (χ3v) is 2.82. The molecule has 62 valence electrons. The highest BCUT2D eigenvalue weighted by Gasteiger charge is 2.31. The van der Waals surface area contributed by atoms with Crippen molar-refractivity contribution in [2.45, 2.75) is 19.4 Å². The van der Waals surface area contributed by atoms with Crippen LogP contribution in [0.5, 0.6) is 0 Å². The third kappa shape index (κ3) is 1.86. The number of amides is 1. The fourth-order valence-corrected chi connectivity index (χ4v) is 2.12. The van der Waals surface area contributed by atoms with Crippen LogP contribution in [-0.4, -0.2) is 27.0 Å². The first kappa shape index (κ1) is 8.39. The second-order valence-corrected chi connectivity index (χ2v) is 3.91. The first-order valence-electron chi connectivity index (χ1n) is 3.30. The summed E-state index contributed by atoms with van der Waals surface area (Å²) in [6, 6.07) is -0.506. The van der Waals surface area contributed by atoms with Gasteiger partial charge in [-0.15, -0.1) is 0 Å². The SMILES string of the molecule is CC(=O)N[C@H]1CCS(=O)C1=O. The Kier molecular flexibility index (Phi) is 2.38. The van der Waals surface area contributed by atoms with Crippen molar-refractivity contribution in [1.82, 2.24) is 5.32 Å². The van der Waals surface area contributed by atoms with Crippen molar-refractivity contribution in [3.63, 3.8) is 0 Å². The molecule has 11 heavy (non-hydrogen) atoms. The van der Waals surface area contributed by atoms with E-state index in [1.54, 1.807) is 0 Å². The van der Waals surface area contributed by atoms with Crippen molar-refractivity contribution in [1.29, 1.82) is 0 Å². The molecule has 1 aliphatic rings. The Morgan fingerprint density at radius 1 is 1.73 bits per heavy atom. The van der Waals surface area contributed by atoms with Gasteiger partial charge < -0.3 is 5.32 Å². The molecule has 0 aromatic heterocycles.